The number of aliphatic hydroxyl groups is 1. The lowest BCUT2D eigenvalue weighted by Gasteiger charge is -2.35. The Balaban J connectivity index is 1.97. The third-order valence-corrected chi connectivity index (χ3v) is 3.71. The van der Waals surface area contributed by atoms with E-state index in [1.165, 1.54) is 11.3 Å². The first-order valence-electron chi connectivity index (χ1n) is 6.88. The van der Waals surface area contributed by atoms with Gasteiger partial charge in [0.2, 0.25) is 0 Å². The Labute approximate surface area is 110 Å². The predicted octanol–water partition coefficient (Wildman–Crippen LogP) is 2.00. The smallest absolute Gasteiger partial charge is 0.0546 e. The minimum absolute atomic E-state index is 0.0552. The molecule has 1 aliphatic carbocycles. The molecule has 1 saturated carbocycles. The summed E-state index contributed by atoms with van der Waals surface area (Å²) in [6.07, 6.45) is 1.86. The molecule has 18 heavy (non-hydrogen) atoms. The van der Waals surface area contributed by atoms with E-state index in [-0.39, 0.29) is 6.10 Å². The molecular weight excluding hydrogens is 224 g/mol. The fourth-order valence-electron chi connectivity index (χ4n) is 2.63. The Morgan fingerprint density at radius 2 is 2.06 bits per heavy atom. The molecule has 0 heterocycles. The number of para-hydroxylation sites is 1. The van der Waals surface area contributed by atoms with Crippen LogP contribution in [0, 0.1) is 5.92 Å². The Morgan fingerprint density at radius 3 is 2.72 bits per heavy atom. The molecule has 1 aromatic rings. The molecule has 0 saturated heterocycles. The van der Waals surface area contributed by atoms with Gasteiger partial charge in [0.15, 0.2) is 0 Å². The van der Waals surface area contributed by atoms with E-state index in [9.17, 15) is 5.11 Å². The van der Waals surface area contributed by atoms with Crippen LogP contribution in [0.2, 0.25) is 0 Å². The molecule has 0 bridgehead atoms. The first kappa shape index (κ1) is 13.4. The molecule has 0 unspecified atom stereocenters. The van der Waals surface area contributed by atoms with E-state index in [2.05, 4.69) is 48.5 Å². The number of nitrogens with one attached hydrogen (secondary N) is 1. The van der Waals surface area contributed by atoms with Gasteiger partial charge in [-0.25, -0.2) is 0 Å². The van der Waals surface area contributed by atoms with Crippen LogP contribution < -0.4 is 10.2 Å². The number of benzene rings is 1. The fraction of sp³-hybridized carbons (Fsp3) is 0.600. The van der Waals surface area contributed by atoms with Crippen molar-refractivity contribution in [3.8, 4) is 0 Å². The van der Waals surface area contributed by atoms with Gasteiger partial charge in [-0.15, -0.1) is 0 Å². The van der Waals surface area contributed by atoms with Gasteiger partial charge in [-0.05, 0) is 36.9 Å². The highest BCUT2D eigenvalue weighted by Crippen LogP contribution is 2.29. The molecule has 0 spiro atoms. The van der Waals surface area contributed by atoms with Gasteiger partial charge in [0, 0.05) is 25.8 Å². The summed E-state index contributed by atoms with van der Waals surface area (Å²) in [4.78, 5) is 2.32. The van der Waals surface area contributed by atoms with Crippen LogP contribution >= 0.6 is 0 Å². The van der Waals surface area contributed by atoms with E-state index in [4.69, 9.17) is 0 Å². The second-order valence-corrected chi connectivity index (χ2v) is 5.28. The molecule has 0 atom stereocenters. The van der Waals surface area contributed by atoms with E-state index >= 15 is 0 Å². The van der Waals surface area contributed by atoms with Crippen LogP contribution in [0.5, 0.6) is 0 Å². The molecule has 1 fully saturated rings. The molecule has 0 aliphatic heterocycles. The van der Waals surface area contributed by atoms with Crippen LogP contribution in [-0.4, -0.2) is 31.3 Å². The van der Waals surface area contributed by atoms with Crippen LogP contribution in [-0.2, 0) is 6.54 Å². The maximum atomic E-state index is 9.34. The average molecular weight is 248 g/mol. The highest BCUT2D eigenvalue weighted by Gasteiger charge is 2.28. The lowest BCUT2D eigenvalue weighted by atomic mass is 9.82. The third-order valence-electron chi connectivity index (χ3n) is 3.71. The van der Waals surface area contributed by atoms with Gasteiger partial charge in [-0.1, -0.05) is 25.1 Å². The van der Waals surface area contributed by atoms with Gasteiger partial charge in [0.1, 0.15) is 0 Å². The Morgan fingerprint density at radius 1 is 1.33 bits per heavy atom. The van der Waals surface area contributed by atoms with Gasteiger partial charge in [-0.3, -0.25) is 0 Å². The van der Waals surface area contributed by atoms with Crippen molar-refractivity contribution in [1.82, 2.24) is 5.32 Å². The molecule has 1 aromatic carbocycles. The van der Waals surface area contributed by atoms with Gasteiger partial charge in [-0.2, -0.15) is 0 Å². The van der Waals surface area contributed by atoms with Gasteiger partial charge < -0.3 is 15.3 Å². The summed E-state index contributed by atoms with van der Waals surface area (Å²) in [6.45, 7) is 5.08. The highest BCUT2D eigenvalue weighted by atomic mass is 16.3. The number of rotatable bonds is 6. The molecule has 2 N–H and O–H groups in total. The van der Waals surface area contributed by atoms with Crippen LogP contribution in [0.25, 0.3) is 0 Å². The maximum absolute atomic E-state index is 9.34. The van der Waals surface area contributed by atoms with Crippen molar-refractivity contribution < 1.29 is 5.11 Å². The van der Waals surface area contributed by atoms with Crippen molar-refractivity contribution in [1.29, 1.82) is 0 Å². The van der Waals surface area contributed by atoms with Crippen molar-refractivity contribution in [3.63, 3.8) is 0 Å². The average Bonchev–Trinajstić information content (AvgIpc) is 2.34. The number of nitrogens with zero attached hydrogens (tertiary/aromatic N) is 1. The molecule has 3 heteroatoms. The first-order chi connectivity index (χ1) is 8.70. The summed E-state index contributed by atoms with van der Waals surface area (Å²) in [5, 5.41) is 12.7. The largest absolute Gasteiger partial charge is 0.393 e. The van der Waals surface area contributed by atoms with Gasteiger partial charge >= 0.3 is 0 Å². The molecule has 3 nitrogen and oxygen atoms in total. The van der Waals surface area contributed by atoms with E-state index < -0.39 is 0 Å². The maximum Gasteiger partial charge on any atom is 0.0546 e. The van der Waals surface area contributed by atoms with Crippen molar-refractivity contribution in [2.75, 3.05) is 25.0 Å². The lowest BCUT2D eigenvalue weighted by molar-refractivity contribution is 0.0464. The molecule has 0 radical (unpaired) electrons. The monoisotopic (exact) mass is 248 g/mol. The second kappa shape index (κ2) is 6.21. The topological polar surface area (TPSA) is 35.5 Å². The summed E-state index contributed by atoms with van der Waals surface area (Å²) in [7, 11) is 2.15. The minimum atomic E-state index is -0.0552. The second-order valence-electron chi connectivity index (χ2n) is 5.28. The number of hydrogen-bond acceptors (Lipinski definition) is 3. The minimum Gasteiger partial charge on any atom is -0.393 e. The highest BCUT2D eigenvalue weighted by molar-refractivity contribution is 5.53. The molecule has 0 aromatic heterocycles. The Hall–Kier alpha value is -1.06. The zero-order valence-corrected chi connectivity index (χ0v) is 11.4. The molecule has 0 amide bonds. The van der Waals surface area contributed by atoms with Crippen LogP contribution in [0.15, 0.2) is 24.3 Å². The Kier molecular flexibility index (Phi) is 4.61. The van der Waals surface area contributed by atoms with Crippen molar-refractivity contribution in [3.05, 3.63) is 29.8 Å². The van der Waals surface area contributed by atoms with Crippen LogP contribution in [0.4, 0.5) is 5.69 Å². The quantitative estimate of drug-likeness (QED) is 0.808. The normalized spacial score (nSPS) is 22.6. The first-order valence-corrected chi connectivity index (χ1v) is 6.88. The number of aliphatic hydroxyl groups excluding tert-OH is 1. The fourth-order valence-corrected chi connectivity index (χ4v) is 2.63. The summed E-state index contributed by atoms with van der Waals surface area (Å²) >= 11 is 0. The van der Waals surface area contributed by atoms with Crippen molar-refractivity contribution in [2.24, 2.45) is 5.92 Å². The summed E-state index contributed by atoms with van der Waals surface area (Å²) in [6, 6.07) is 8.56. The number of anilines is 1. The van der Waals surface area contributed by atoms with Crippen molar-refractivity contribution in [2.45, 2.75) is 32.4 Å². The van der Waals surface area contributed by atoms with Crippen LogP contribution in [0.3, 0.4) is 0 Å². The number of hydrogen-bond donors (Lipinski definition) is 2. The van der Waals surface area contributed by atoms with E-state index in [0.717, 1.165) is 32.5 Å². The van der Waals surface area contributed by atoms with Crippen molar-refractivity contribution >= 4 is 5.69 Å². The van der Waals surface area contributed by atoms with E-state index in [0.29, 0.717) is 5.92 Å². The van der Waals surface area contributed by atoms with Crippen LogP contribution in [0.1, 0.15) is 25.3 Å². The standard InChI is InChI=1S/C15H24N2O/c1-3-16-10-13-6-4-5-7-15(13)17(2)11-12-8-14(18)9-12/h4-7,12,14,16,18H,3,8-11H2,1-2H3. The molecular formula is C15H24N2O. The molecule has 100 valence electrons. The molecule has 1 aliphatic rings. The third kappa shape index (κ3) is 3.24. The predicted molar refractivity (Wildman–Crippen MR) is 75.8 cm³/mol. The van der Waals surface area contributed by atoms with E-state index in [1.54, 1.807) is 0 Å². The van der Waals surface area contributed by atoms with E-state index in [1.807, 2.05) is 0 Å². The van der Waals surface area contributed by atoms with Gasteiger partial charge in [0.05, 0.1) is 6.10 Å². The molecule has 2 rings (SSSR count). The SMILES string of the molecule is CCNCc1ccccc1N(C)CC1CC(O)C1. The Bertz CT molecular complexity index is 375. The zero-order valence-electron chi connectivity index (χ0n) is 11.4. The lowest BCUT2D eigenvalue weighted by Crippen LogP contribution is -2.37. The summed E-state index contributed by atoms with van der Waals surface area (Å²) in [5.41, 5.74) is 2.65. The zero-order chi connectivity index (χ0) is 13.0. The summed E-state index contributed by atoms with van der Waals surface area (Å²) < 4.78 is 0. The summed E-state index contributed by atoms with van der Waals surface area (Å²) in [5.74, 6) is 0.650. The van der Waals surface area contributed by atoms with Gasteiger partial charge in [0.25, 0.3) is 0 Å².